The maximum absolute atomic E-state index is 13.0. The van der Waals surface area contributed by atoms with Gasteiger partial charge in [0.05, 0.1) is 29.8 Å². The van der Waals surface area contributed by atoms with Crippen LogP contribution >= 0.6 is 31.3 Å². The van der Waals surface area contributed by atoms with E-state index in [-0.39, 0.29) is 47.5 Å². The third-order valence-corrected chi connectivity index (χ3v) is 6.49. The number of pyridine rings is 1. The lowest BCUT2D eigenvalue weighted by Gasteiger charge is -2.13. The molecule has 0 saturated heterocycles. The lowest BCUT2D eigenvalue weighted by molar-refractivity contribution is -0.0327. The highest BCUT2D eigenvalue weighted by molar-refractivity contribution is 8.00. The van der Waals surface area contributed by atoms with Crippen molar-refractivity contribution in [3.8, 4) is 17.6 Å². The van der Waals surface area contributed by atoms with Gasteiger partial charge in [-0.25, -0.2) is 4.52 Å². The zero-order valence-electron chi connectivity index (χ0n) is 16.3. The van der Waals surface area contributed by atoms with Gasteiger partial charge in [0.2, 0.25) is 0 Å². The number of benzene rings is 1. The van der Waals surface area contributed by atoms with Crippen molar-refractivity contribution in [3.05, 3.63) is 47.2 Å². The first kappa shape index (κ1) is 22.6. The van der Waals surface area contributed by atoms with E-state index in [1.54, 1.807) is 19.2 Å². The fourth-order valence-electron chi connectivity index (χ4n) is 2.68. The summed E-state index contributed by atoms with van der Waals surface area (Å²) in [5, 5.41) is 8.69. The molecule has 2 aromatic heterocycles. The topological polar surface area (TPSA) is 38.6 Å². The lowest BCUT2D eigenvalue weighted by Crippen LogP contribution is -2.05. The summed E-state index contributed by atoms with van der Waals surface area (Å²) in [5.41, 5.74) is -3.42. The molecule has 0 saturated carbocycles. The highest BCUT2D eigenvalue weighted by Gasteiger charge is 2.32. The number of nitrogens with zero attached hydrogens (tertiary/aromatic N) is 2. The lowest BCUT2D eigenvalue weighted by atomic mass is 10.3. The molecule has 0 fully saturated rings. The van der Waals surface area contributed by atoms with Crippen molar-refractivity contribution >= 4 is 47.8 Å². The zero-order valence-corrected chi connectivity index (χ0v) is 18.8. The van der Waals surface area contributed by atoms with Gasteiger partial charge >= 0.3 is 5.51 Å². The van der Waals surface area contributed by atoms with Crippen LogP contribution in [0.5, 0.6) is 5.75 Å². The van der Waals surface area contributed by atoms with Gasteiger partial charge < -0.3 is 10.1 Å². The summed E-state index contributed by atoms with van der Waals surface area (Å²) in [6, 6.07) is 10.6. The Balaban J connectivity index is 1.85. The van der Waals surface area contributed by atoms with Crippen molar-refractivity contribution in [2.45, 2.75) is 10.4 Å². The molecule has 0 atom stereocenters. The molecule has 1 aromatic carbocycles. The Morgan fingerprint density at radius 1 is 1.27 bits per heavy atom. The fourth-order valence-corrected chi connectivity index (χ4v) is 4.31. The van der Waals surface area contributed by atoms with E-state index in [2.05, 4.69) is 35.6 Å². The summed E-state index contributed by atoms with van der Waals surface area (Å²) in [7, 11) is 1.33. The van der Waals surface area contributed by atoms with Crippen molar-refractivity contribution in [3.63, 3.8) is 0 Å². The Bertz CT molecular complexity index is 1120. The molecule has 30 heavy (non-hydrogen) atoms. The number of nitrogens with one attached hydrogen (secondary N) is 1. The minimum atomic E-state index is -4.46. The van der Waals surface area contributed by atoms with E-state index < -0.39 is 5.51 Å². The number of ether oxygens (including phenoxy) is 1. The van der Waals surface area contributed by atoms with Crippen LogP contribution in [0.25, 0.3) is 5.52 Å². The summed E-state index contributed by atoms with van der Waals surface area (Å²) < 4.78 is 45.8. The molecule has 0 amide bonds. The Kier molecular flexibility index (Phi) is 7.07. The number of hydrogen-bond acceptors (Lipinski definition) is 4. The molecule has 0 spiro atoms. The summed E-state index contributed by atoms with van der Waals surface area (Å²) >= 11 is 5.81. The molecule has 3 rings (SSSR count). The molecule has 2 heterocycles. The molecular weight excluding hydrogens is 454 g/mol. The van der Waals surface area contributed by atoms with E-state index in [9.17, 15) is 13.2 Å². The number of halogens is 4. The van der Waals surface area contributed by atoms with Crippen LogP contribution in [0.15, 0.2) is 41.3 Å². The average Bonchev–Trinajstić information content (AvgIpc) is 3.02. The summed E-state index contributed by atoms with van der Waals surface area (Å²) in [6.45, 7) is 4.51. The number of fused-ring (bicyclic) bond motifs is 1. The Morgan fingerprint density at radius 3 is 2.70 bits per heavy atom. The van der Waals surface area contributed by atoms with E-state index in [1.807, 2.05) is 18.2 Å². The molecule has 0 aliphatic rings. The third-order valence-electron chi connectivity index (χ3n) is 4.06. The second-order valence-electron chi connectivity index (χ2n) is 6.31. The molecule has 158 valence electrons. The van der Waals surface area contributed by atoms with Crippen molar-refractivity contribution in [1.82, 2.24) is 9.61 Å². The zero-order chi connectivity index (χ0) is 21.9. The summed E-state index contributed by atoms with van der Waals surface area (Å²) in [6.07, 6.45) is 0. The van der Waals surface area contributed by atoms with Crippen LogP contribution in [0.2, 0.25) is 5.15 Å². The molecule has 0 aliphatic carbocycles. The van der Waals surface area contributed by atoms with E-state index >= 15 is 0 Å². The van der Waals surface area contributed by atoms with Crippen LogP contribution in [0.3, 0.4) is 0 Å². The highest BCUT2D eigenvalue weighted by Crippen LogP contribution is 2.41. The van der Waals surface area contributed by atoms with Gasteiger partial charge in [-0.1, -0.05) is 37.6 Å². The molecule has 0 aliphatic heterocycles. The first-order valence-electron chi connectivity index (χ1n) is 8.70. The van der Waals surface area contributed by atoms with E-state index in [1.165, 1.54) is 15.9 Å². The van der Waals surface area contributed by atoms with Crippen LogP contribution in [0, 0.1) is 11.8 Å². The minimum absolute atomic E-state index is 0.0251. The van der Waals surface area contributed by atoms with Crippen molar-refractivity contribution < 1.29 is 17.9 Å². The van der Waals surface area contributed by atoms with Crippen molar-refractivity contribution in [2.75, 3.05) is 32.3 Å². The third kappa shape index (κ3) is 5.34. The molecule has 0 unspecified atom stereocenters. The number of methoxy groups -OCH3 is 1. The van der Waals surface area contributed by atoms with Crippen LogP contribution < -0.4 is 15.4 Å². The molecule has 1 N–H and O–H groups in total. The molecule has 10 heteroatoms. The minimum Gasteiger partial charge on any atom is -0.495 e. The van der Waals surface area contributed by atoms with Crippen LogP contribution in [0.4, 0.5) is 18.9 Å². The second-order valence-corrected chi connectivity index (χ2v) is 10.1. The van der Waals surface area contributed by atoms with Gasteiger partial charge in [0, 0.05) is 0 Å². The Labute approximate surface area is 182 Å². The normalized spacial score (nSPS) is 11.5. The molecular formula is C20H18ClF3N3OPS. The van der Waals surface area contributed by atoms with Crippen LogP contribution in [-0.2, 0) is 0 Å². The number of anilines is 1. The highest BCUT2D eigenvalue weighted by atomic mass is 35.5. The average molecular weight is 472 g/mol. The molecule has 0 bridgehead atoms. The van der Waals surface area contributed by atoms with Crippen LogP contribution in [-0.4, -0.2) is 42.1 Å². The molecule has 3 aromatic rings. The maximum atomic E-state index is 13.0. The Morgan fingerprint density at radius 2 is 2.03 bits per heavy atom. The number of hydrogen-bond donors (Lipinski definition) is 1. The molecule has 4 nitrogen and oxygen atoms in total. The first-order valence-corrected chi connectivity index (χ1v) is 12.1. The van der Waals surface area contributed by atoms with Gasteiger partial charge in [0.15, 0.2) is 0 Å². The van der Waals surface area contributed by atoms with E-state index in [4.69, 9.17) is 16.3 Å². The molecule has 0 radical (unpaired) electrons. The van der Waals surface area contributed by atoms with Gasteiger partial charge in [-0.05, 0) is 60.6 Å². The smallest absolute Gasteiger partial charge is 0.446 e. The van der Waals surface area contributed by atoms with E-state index in [0.29, 0.717) is 5.75 Å². The van der Waals surface area contributed by atoms with Gasteiger partial charge in [-0.2, -0.15) is 18.3 Å². The van der Waals surface area contributed by atoms with Crippen molar-refractivity contribution in [1.29, 1.82) is 0 Å². The van der Waals surface area contributed by atoms with Gasteiger partial charge in [-0.3, -0.25) is 0 Å². The standard InChI is InChI=1S/C20H18ClF3N3OPS/c1-28-17-12-13(29(2)3)9-10-14(17)25-11-5-6-15-19(30-20(22,23)24)16-7-4-8-18(21)27(16)26-15/h4,7-10,12,25H,11H2,1-3H3. The van der Waals surface area contributed by atoms with Gasteiger partial charge in [-0.15, -0.1) is 0 Å². The predicted molar refractivity (Wildman–Crippen MR) is 119 cm³/mol. The Hall–Kier alpha value is -2.07. The number of alkyl halides is 3. The largest absolute Gasteiger partial charge is 0.495 e. The predicted octanol–water partition coefficient (Wildman–Crippen LogP) is 5.44. The quantitative estimate of drug-likeness (QED) is 0.233. The van der Waals surface area contributed by atoms with Gasteiger partial charge in [0.25, 0.3) is 0 Å². The summed E-state index contributed by atoms with van der Waals surface area (Å²) in [4.78, 5) is -0.0707. The second kappa shape index (κ2) is 9.38. The maximum Gasteiger partial charge on any atom is 0.446 e. The first-order chi connectivity index (χ1) is 14.2. The van der Waals surface area contributed by atoms with Crippen molar-refractivity contribution in [2.24, 2.45) is 0 Å². The SMILES string of the molecule is COc1cc(P(C)C)ccc1NCC#Cc1nn2c(Cl)cccc2c1SC(F)(F)F. The number of thioether (sulfide) groups is 1. The van der Waals surface area contributed by atoms with Crippen LogP contribution in [0.1, 0.15) is 5.69 Å². The van der Waals surface area contributed by atoms with Gasteiger partial charge in [0.1, 0.15) is 16.6 Å². The monoisotopic (exact) mass is 471 g/mol. The number of rotatable bonds is 5. The summed E-state index contributed by atoms with van der Waals surface area (Å²) in [5.74, 6) is 6.25. The van der Waals surface area contributed by atoms with E-state index in [0.717, 1.165) is 5.69 Å². The fraction of sp³-hybridized carbons (Fsp3) is 0.250. The number of aromatic nitrogens is 2.